The van der Waals surface area contributed by atoms with Gasteiger partial charge in [-0.3, -0.25) is 0 Å². The number of hydrogen-bond donors (Lipinski definition) is 1. The molecule has 0 bridgehead atoms. The van der Waals surface area contributed by atoms with Crippen LogP contribution in [0.2, 0.25) is 0 Å². The molecule has 0 aliphatic rings. The van der Waals surface area contributed by atoms with E-state index in [1.165, 1.54) is 0 Å². The third-order valence-corrected chi connectivity index (χ3v) is 2.36. The second-order valence-electron chi connectivity index (χ2n) is 3.30. The number of methoxy groups -OCH3 is 1. The van der Waals surface area contributed by atoms with Gasteiger partial charge in [0.15, 0.2) is 0 Å². The number of nitrogens with zero attached hydrogens (tertiary/aromatic N) is 1. The normalized spacial score (nSPS) is 10.3. The van der Waals surface area contributed by atoms with Gasteiger partial charge in [0, 0.05) is 18.9 Å². The number of rotatable bonds is 3. The lowest BCUT2D eigenvalue weighted by atomic mass is 10.2. The van der Waals surface area contributed by atoms with Crippen molar-refractivity contribution in [2.45, 2.75) is 6.54 Å². The predicted octanol–water partition coefficient (Wildman–Crippen LogP) is 1.94. The minimum absolute atomic E-state index is 0.530. The van der Waals surface area contributed by atoms with Crippen molar-refractivity contribution >= 4 is 0 Å². The third-order valence-electron chi connectivity index (χ3n) is 2.36. The Morgan fingerprint density at radius 2 is 2.00 bits per heavy atom. The minimum atomic E-state index is 0.530. The van der Waals surface area contributed by atoms with Crippen molar-refractivity contribution in [2.24, 2.45) is 5.73 Å². The number of aromatic nitrogens is 1. The summed E-state index contributed by atoms with van der Waals surface area (Å²) in [6.45, 7) is 0.530. The molecule has 78 valence electrons. The summed E-state index contributed by atoms with van der Waals surface area (Å²) < 4.78 is 7.35. The molecule has 0 aliphatic heterocycles. The molecule has 1 heterocycles. The van der Waals surface area contributed by atoms with Crippen molar-refractivity contribution in [1.29, 1.82) is 0 Å². The molecule has 2 N–H and O–H groups in total. The van der Waals surface area contributed by atoms with E-state index in [0.29, 0.717) is 6.54 Å². The molecule has 0 unspecified atom stereocenters. The number of ether oxygens (including phenoxy) is 1. The second kappa shape index (κ2) is 4.19. The van der Waals surface area contributed by atoms with Gasteiger partial charge >= 0.3 is 0 Å². The Hall–Kier alpha value is -1.74. The molecule has 0 spiro atoms. The molecule has 0 radical (unpaired) electrons. The second-order valence-corrected chi connectivity index (χ2v) is 3.30. The third kappa shape index (κ3) is 1.87. The van der Waals surface area contributed by atoms with Crippen LogP contribution in [-0.4, -0.2) is 11.7 Å². The van der Waals surface area contributed by atoms with Crippen LogP contribution < -0.4 is 10.5 Å². The average Bonchev–Trinajstić information content (AvgIpc) is 2.81. The fourth-order valence-electron chi connectivity index (χ4n) is 1.56. The first kappa shape index (κ1) is 9.80. The van der Waals surface area contributed by atoms with Crippen LogP contribution in [0.5, 0.6) is 5.75 Å². The maximum atomic E-state index is 5.58. The van der Waals surface area contributed by atoms with E-state index in [9.17, 15) is 0 Å². The molecule has 2 rings (SSSR count). The Balaban J connectivity index is 2.48. The Morgan fingerprint density at radius 1 is 1.27 bits per heavy atom. The maximum Gasteiger partial charge on any atom is 0.143 e. The van der Waals surface area contributed by atoms with Gasteiger partial charge in [0.1, 0.15) is 5.75 Å². The molecule has 0 saturated heterocycles. The van der Waals surface area contributed by atoms with Crippen LogP contribution in [0.4, 0.5) is 0 Å². The maximum absolute atomic E-state index is 5.58. The van der Waals surface area contributed by atoms with Gasteiger partial charge in [-0.15, -0.1) is 0 Å². The zero-order valence-corrected chi connectivity index (χ0v) is 8.68. The first-order chi connectivity index (χ1) is 7.35. The van der Waals surface area contributed by atoms with Crippen molar-refractivity contribution in [2.75, 3.05) is 7.11 Å². The summed E-state index contributed by atoms with van der Waals surface area (Å²) in [5.41, 5.74) is 7.68. The summed E-state index contributed by atoms with van der Waals surface area (Å²) in [6.07, 6.45) is 3.97. The molecule has 0 fully saturated rings. The van der Waals surface area contributed by atoms with Crippen molar-refractivity contribution in [3.63, 3.8) is 0 Å². The van der Waals surface area contributed by atoms with Crippen LogP contribution in [0, 0.1) is 0 Å². The van der Waals surface area contributed by atoms with Crippen molar-refractivity contribution in [1.82, 2.24) is 4.57 Å². The Labute approximate surface area is 89.1 Å². The lowest BCUT2D eigenvalue weighted by Gasteiger charge is -2.10. The van der Waals surface area contributed by atoms with E-state index in [-0.39, 0.29) is 0 Å². The van der Waals surface area contributed by atoms with Gasteiger partial charge in [-0.2, -0.15) is 0 Å². The molecule has 0 amide bonds. The van der Waals surface area contributed by atoms with E-state index < -0.39 is 0 Å². The van der Waals surface area contributed by atoms with Gasteiger partial charge in [0.25, 0.3) is 0 Å². The van der Waals surface area contributed by atoms with Gasteiger partial charge in [0.2, 0.25) is 0 Å². The summed E-state index contributed by atoms with van der Waals surface area (Å²) in [5, 5.41) is 0. The molecular weight excluding hydrogens is 188 g/mol. The van der Waals surface area contributed by atoms with Crippen LogP contribution in [0.3, 0.4) is 0 Å². The standard InChI is InChI=1S/C12H14N2O/c1-15-12-8-10(9-13)4-5-11(12)14-6-2-3-7-14/h2-8H,9,13H2,1H3. The highest BCUT2D eigenvalue weighted by Gasteiger charge is 2.04. The van der Waals surface area contributed by atoms with Crippen LogP contribution in [0.25, 0.3) is 5.69 Å². The van der Waals surface area contributed by atoms with Crippen LogP contribution in [-0.2, 0) is 6.54 Å². The Morgan fingerprint density at radius 3 is 2.60 bits per heavy atom. The highest BCUT2D eigenvalue weighted by atomic mass is 16.5. The summed E-state index contributed by atoms with van der Waals surface area (Å²) >= 11 is 0. The van der Waals surface area contributed by atoms with Crippen LogP contribution in [0.15, 0.2) is 42.7 Å². The molecule has 0 atom stereocenters. The smallest absolute Gasteiger partial charge is 0.143 e. The zero-order valence-electron chi connectivity index (χ0n) is 8.68. The van der Waals surface area contributed by atoms with E-state index in [2.05, 4.69) is 0 Å². The molecule has 2 aromatic rings. The van der Waals surface area contributed by atoms with Gasteiger partial charge in [-0.05, 0) is 29.8 Å². The summed E-state index contributed by atoms with van der Waals surface area (Å²) in [7, 11) is 1.67. The minimum Gasteiger partial charge on any atom is -0.495 e. The molecule has 15 heavy (non-hydrogen) atoms. The molecule has 0 saturated carbocycles. The fourth-order valence-corrected chi connectivity index (χ4v) is 1.56. The Kier molecular flexibility index (Phi) is 2.74. The molecule has 1 aromatic heterocycles. The first-order valence-corrected chi connectivity index (χ1v) is 4.85. The number of benzene rings is 1. The topological polar surface area (TPSA) is 40.2 Å². The van der Waals surface area contributed by atoms with Gasteiger partial charge in [0.05, 0.1) is 12.8 Å². The largest absolute Gasteiger partial charge is 0.495 e. The quantitative estimate of drug-likeness (QED) is 0.826. The lowest BCUT2D eigenvalue weighted by molar-refractivity contribution is 0.412. The van der Waals surface area contributed by atoms with Crippen molar-refractivity contribution < 1.29 is 4.74 Å². The van der Waals surface area contributed by atoms with Crippen LogP contribution >= 0.6 is 0 Å². The van der Waals surface area contributed by atoms with Crippen molar-refractivity contribution in [3.05, 3.63) is 48.3 Å². The molecule has 3 nitrogen and oxygen atoms in total. The first-order valence-electron chi connectivity index (χ1n) is 4.85. The summed E-state index contributed by atoms with van der Waals surface area (Å²) in [4.78, 5) is 0. The van der Waals surface area contributed by atoms with E-state index in [1.807, 2.05) is 47.3 Å². The van der Waals surface area contributed by atoms with E-state index in [0.717, 1.165) is 17.0 Å². The van der Waals surface area contributed by atoms with E-state index in [4.69, 9.17) is 10.5 Å². The van der Waals surface area contributed by atoms with Gasteiger partial charge in [-0.25, -0.2) is 0 Å². The highest BCUT2D eigenvalue weighted by molar-refractivity contribution is 5.49. The SMILES string of the molecule is COc1cc(CN)ccc1-n1cccc1. The Bertz CT molecular complexity index is 435. The fraction of sp³-hybridized carbons (Fsp3) is 0.167. The summed E-state index contributed by atoms with van der Waals surface area (Å²) in [6, 6.07) is 9.96. The predicted molar refractivity (Wildman–Crippen MR) is 60.2 cm³/mol. The molecule has 0 aliphatic carbocycles. The highest BCUT2D eigenvalue weighted by Crippen LogP contribution is 2.23. The van der Waals surface area contributed by atoms with E-state index in [1.54, 1.807) is 7.11 Å². The van der Waals surface area contributed by atoms with Crippen molar-refractivity contribution in [3.8, 4) is 11.4 Å². The monoisotopic (exact) mass is 202 g/mol. The van der Waals surface area contributed by atoms with Gasteiger partial charge in [-0.1, -0.05) is 6.07 Å². The zero-order chi connectivity index (χ0) is 10.7. The molecule has 3 heteroatoms. The van der Waals surface area contributed by atoms with E-state index >= 15 is 0 Å². The molecule has 1 aromatic carbocycles. The molecular formula is C12H14N2O. The lowest BCUT2D eigenvalue weighted by Crippen LogP contribution is -2.00. The average molecular weight is 202 g/mol. The van der Waals surface area contributed by atoms with Crippen LogP contribution in [0.1, 0.15) is 5.56 Å². The summed E-state index contributed by atoms with van der Waals surface area (Å²) in [5.74, 6) is 0.842. The van der Waals surface area contributed by atoms with Gasteiger partial charge < -0.3 is 15.0 Å². The number of nitrogens with two attached hydrogens (primary N) is 1. The number of hydrogen-bond acceptors (Lipinski definition) is 2.